The zero-order valence-corrected chi connectivity index (χ0v) is 21.8. The number of nitrogens with zero attached hydrogens (tertiary/aromatic N) is 6. The highest BCUT2D eigenvalue weighted by Crippen LogP contribution is 2.49. The van der Waals surface area contributed by atoms with Gasteiger partial charge in [0.25, 0.3) is 11.1 Å². The van der Waals surface area contributed by atoms with Crippen LogP contribution >= 0.6 is 7.82 Å². The molecule has 0 aromatic carbocycles. The Labute approximate surface area is 227 Å². The minimum Gasteiger partial charge on any atom is -0.394 e. The molecule has 0 saturated carbocycles. The van der Waals surface area contributed by atoms with Gasteiger partial charge in [-0.3, -0.25) is 37.7 Å². The molecule has 6 heterocycles. The lowest BCUT2D eigenvalue weighted by molar-refractivity contribution is -0.0554. The molecule has 0 radical (unpaired) electrons. The van der Waals surface area contributed by atoms with Crippen LogP contribution in [-0.4, -0.2) is 91.8 Å². The highest BCUT2D eigenvalue weighted by molar-refractivity contribution is 7.47. The largest absolute Gasteiger partial charge is 0.472 e. The van der Waals surface area contributed by atoms with Crippen molar-refractivity contribution < 1.29 is 38.2 Å². The van der Waals surface area contributed by atoms with E-state index in [0.29, 0.717) is 0 Å². The number of phosphoric ester groups is 1. The van der Waals surface area contributed by atoms with Crippen LogP contribution in [0.25, 0.3) is 22.3 Å². The average molecular weight is 596 g/mol. The third kappa shape index (κ3) is 5.11. The van der Waals surface area contributed by atoms with Gasteiger partial charge in [-0.2, -0.15) is 9.97 Å². The number of nitrogens with two attached hydrogens (primary N) is 2. The highest BCUT2D eigenvalue weighted by atomic mass is 31.2. The molecule has 0 aliphatic carbocycles. The molecule has 6 rings (SSSR count). The van der Waals surface area contributed by atoms with Gasteiger partial charge in [-0.05, 0) is 0 Å². The van der Waals surface area contributed by atoms with Gasteiger partial charge >= 0.3 is 7.82 Å². The summed E-state index contributed by atoms with van der Waals surface area (Å²) in [5, 5.41) is 20.3. The number of fused-ring (bicyclic) bond motifs is 2. The van der Waals surface area contributed by atoms with E-state index in [1.165, 1.54) is 21.8 Å². The van der Waals surface area contributed by atoms with Crippen molar-refractivity contribution in [3.05, 3.63) is 33.4 Å². The molecule has 2 aliphatic rings. The number of hydrogen-bond donors (Lipinski definition) is 7. The Morgan fingerprint density at radius 2 is 1.51 bits per heavy atom. The maximum Gasteiger partial charge on any atom is 0.472 e. The van der Waals surface area contributed by atoms with Crippen LogP contribution in [0.15, 0.2) is 22.2 Å². The third-order valence-corrected chi connectivity index (χ3v) is 7.77. The fourth-order valence-electron chi connectivity index (χ4n) is 4.86. The lowest BCUT2D eigenvalue weighted by Gasteiger charge is -2.21. The summed E-state index contributed by atoms with van der Waals surface area (Å²) in [7, 11) is -4.76. The van der Waals surface area contributed by atoms with E-state index in [1.807, 2.05) is 0 Å². The van der Waals surface area contributed by atoms with Crippen LogP contribution < -0.4 is 22.6 Å². The highest BCUT2D eigenvalue weighted by Gasteiger charge is 2.43. The molecule has 2 saturated heterocycles. The van der Waals surface area contributed by atoms with Crippen molar-refractivity contribution >= 4 is 42.0 Å². The fraction of sp³-hybridized carbons (Fsp3) is 0.500. The number of nitrogen functional groups attached to an aromatic ring is 2. The Balaban J connectivity index is 1.11. The molecule has 7 atom stereocenters. The van der Waals surface area contributed by atoms with Gasteiger partial charge < -0.3 is 36.0 Å². The van der Waals surface area contributed by atoms with Crippen LogP contribution in [0.1, 0.15) is 25.3 Å². The van der Waals surface area contributed by atoms with E-state index in [1.54, 1.807) is 0 Å². The van der Waals surface area contributed by atoms with Gasteiger partial charge in [0.05, 0.1) is 32.0 Å². The zero-order valence-electron chi connectivity index (χ0n) is 20.9. The molecule has 0 amide bonds. The summed E-state index contributed by atoms with van der Waals surface area (Å²) in [6, 6.07) is 0. The molecule has 1 unspecified atom stereocenters. The van der Waals surface area contributed by atoms with Gasteiger partial charge in [0.15, 0.2) is 22.3 Å². The van der Waals surface area contributed by atoms with E-state index in [2.05, 4.69) is 29.9 Å². The number of aliphatic hydroxyl groups excluding tert-OH is 2. The summed E-state index contributed by atoms with van der Waals surface area (Å²) >= 11 is 0. The van der Waals surface area contributed by atoms with Gasteiger partial charge in [-0.1, -0.05) is 0 Å². The number of aromatic nitrogens is 8. The molecule has 0 spiro atoms. The molecule has 41 heavy (non-hydrogen) atoms. The van der Waals surface area contributed by atoms with E-state index < -0.39 is 69.0 Å². The summed E-state index contributed by atoms with van der Waals surface area (Å²) in [5.74, 6) is -0.272. The molecule has 2 fully saturated rings. The lowest BCUT2D eigenvalue weighted by atomic mass is 10.2. The van der Waals surface area contributed by atoms with Gasteiger partial charge in [0.1, 0.15) is 30.8 Å². The number of ether oxygens (including phenoxy) is 2. The monoisotopic (exact) mass is 596 g/mol. The van der Waals surface area contributed by atoms with Crippen molar-refractivity contribution in [3.63, 3.8) is 0 Å². The van der Waals surface area contributed by atoms with Crippen LogP contribution in [-0.2, 0) is 23.1 Å². The number of nitrogens with one attached hydrogen (secondary N) is 2. The third-order valence-electron chi connectivity index (χ3n) is 6.76. The van der Waals surface area contributed by atoms with Crippen molar-refractivity contribution in [1.29, 1.82) is 0 Å². The van der Waals surface area contributed by atoms with Crippen molar-refractivity contribution in [2.24, 2.45) is 0 Å². The molecule has 4 aromatic heterocycles. The first kappa shape index (κ1) is 27.4. The predicted octanol–water partition coefficient (Wildman–Crippen LogP) is -2.15. The summed E-state index contributed by atoms with van der Waals surface area (Å²) in [6.45, 7) is -1.09. The Morgan fingerprint density at radius 1 is 0.976 bits per heavy atom. The Morgan fingerprint density at radius 3 is 2.07 bits per heavy atom. The topological polar surface area (TPSA) is 294 Å². The Bertz CT molecular complexity index is 1770. The van der Waals surface area contributed by atoms with Crippen LogP contribution in [0.3, 0.4) is 0 Å². The van der Waals surface area contributed by atoms with Crippen LogP contribution in [0.5, 0.6) is 0 Å². The molecular formula is C20H25N10O10P. The van der Waals surface area contributed by atoms with Crippen LogP contribution in [0.4, 0.5) is 11.9 Å². The van der Waals surface area contributed by atoms with Crippen LogP contribution in [0, 0.1) is 0 Å². The van der Waals surface area contributed by atoms with Gasteiger partial charge in [0, 0.05) is 12.8 Å². The summed E-state index contributed by atoms with van der Waals surface area (Å²) in [6.07, 6.45) is -3.38. The quantitative estimate of drug-likeness (QED) is 0.107. The molecule has 21 heteroatoms. The minimum atomic E-state index is -4.76. The number of aromatic amines is 2. The molecule has 220 valence electrons. The normalized spacial score (nSPS) is 28.1. The number of rotatable bonds is 8. The molecule has 20 nitrogen and oxygen atoms in total. The minimum absolute atomic E-state index is 0.00652. The molecule has 4 aromatic rings. The second-order valence-electron chi connectivity index (χ2n) is 9.44. The number of imidazole rings is 2. The van der Waals surface area contributed by atoms with E-state index in [0.717, 1.165) is 0 Å². The average Bonchev–Trinajstić information content (AvgIpc) is 3.67. The van der Waals surface area contributed by atoms with Crippen molar-refractivity contribution in [2.45, 2.75) is 49.7 Å². The van der Waals surface area contributed by atoms with Crippen LogP contribution in [0.2, 0.25) is 0 Å². The first-order valence-electron chi connectivity index (χ1n) is 12.2. The molecule has 0 bridgehead atoms. The second kappa shape index (κ2) is 10.3. The maximum atomic E-state index is 12.8. The smallest absolute Gasteiger partial charge is 0.394 e. The number of phosphoric acid groups is 1. The summed E-state index contributed by atoms with van der Waals surface area (Å²) in [5.41, 5.74) is 10.4. The van der Waals surface area contributed by atoms with E-state index in [9.17, 15) is 29.3 Å². The molecular weight excluding hydrogens is 571 g/mol. The first-order valence-corrected chi connectivity index (χ1v) is 13.7. The van der Waals surface area contributed by atoms with E-state index in [-0.39, 0.29) is 47.1 Å². The Kier molecular flexibility index (Phi) is 6.86. The second-order valence-corrected chi connectivity index (χ2v) is 10.8. The van der Waals surface area contributed by atoms with E-state index >= 15 is 0 Å². The number of H-pyrrole nitrogens is 2. The number of anilines is 2. The Hall–Kier alpha value is -3.75. The fourth-order valence-corrected chi connectivity index (χ4v) is 5.82. The van der Waals surface area contributed by atoms with Crippen molar-refractivity contribution in [3.8, 4) is 0 Å². The molecule has 9 N–H and O–H groups in total. The lowest BCUT2D eigenvalue weighted by Crippen LogP contribution is -2.29. The zero-order chi connectivity index (χ0) is 29.1. The van der Waals surface area contributed by atoms with Gasteiger partial charge in [-0.25, -0.2) is 14.5 Å². The SMILES string of the molecule is Nc1nc2c(ncn2[C@H]2C[C@H](OP(=O)(O)OC[C@H]3O[C@@H](n4cnc5c(=O)[nH]c(N)nc54)C[C@@H]3O)[C@@H](CO)O2)c(=O)[nH]1. The van der Waals surface area contributed by atoms with Gasteiger partial charge in [0.2, 0.25) is 11.9 Å². The summed E-state index contributed by atoms with van der Waals surface area (Å²) in [4.78, 5) is 55.3. The predicted molar refractivity (Wildman–Crippen MR) is 136 cm³/mol. The summed E-state index contributed by atoms with van der Waals surface area (Å²) < 4.78 is 37.6. The van der Waals surface area contributed by atoms with E-state index in [4.69, 9.17) is 30.0 Å². The maximum absolute atomic E-state index is 12.8. The first-order chi connectivity index (χ1) is 19.5. The standard InChI is InChI=1S/C20H25N10O10P/c21-19-25-15-13(17(33)27-19)23-5-29(15)11-1-7(32)10(39-11)4-37-41(35,36)40-8-2-12(38-9(8)3-31)30-6-24-14-16(30)26-20(22)28-18(14)34/h5-12,31-32H,1-4H2,(H,35,36)(H3,21,25,27,33)(H3,22,26,28,34)/t7-,8-,9+,10+,11+,12+/m0/s1. The van der Waals surface area contributed by atoms with Crippen molar-refractivity contribution in [2.75, 3.05) is 24.7 Å². The molecule has 2 aliphatic heterocycles. The number of aliphatic hydroxyl groups is 2. The van der Waals surface area contributed by atoms with Gasteiger partial charge in [-0.15, -0.1) is 0 Å². The number of hydrogen-bond acceptors (Lipinski definition) is 15. The van der Waals surface area contributed by atoms with Crippen molar-refractivity contribution in [1.82, 2.24) is 39.0 Å².